The van der Waals surface area contributed by atoms with Crippen LogP contribution >= 0.6 is 0 Å². The van der Waals surface area contributed by atoms with Crippen LogP contribution in [0.25, 0.3) is 11.1 Å². The summed E-state index contributed by atoms with van der Waals surface area (Å²) in [5, 5.41) is 2.98. The number of benzene rings is 2. The summed E-state index contributed by atoms with van der Waals surface area (Å²) in [5.41, 5.74) is 4.12. The number of piperidine rings is 1. The third kappa shape index (κ3) is 5.07. The molecule has 164 valence electrons. The molecule has 2 aromatic carbocycles. The molecule has 1 saturated heterocycles. The van der Waals surface area contributed by atoms with Crippen LogP contribution in [0.15, 0.2) is 46.9 Å². The fraction of sp³-hybridized carbons (Fsp3) is 0.440. The van der Waals surface area contributed by atoms with Gasteiger partial charge in [0.1, 0.15) is 5.52 Å². The number of amides is 1. The van der Waals surface area contributed by atoms with Gasteiger partial charge >= 0.3 is 0 Å². The van der Waals surface area contributed by atoms with Crippen LogP contribution in [0, 0.1) is 0 Å². The highest BCUT2D eigenvalue weighted by atomic mass is 16.4. The summed E-state index contributed by atoms with van der Waals surface area (Å²) in [6, 6.07) is 14.5. The van der Waals surface area contributed by atoms with E-state index in [0.29, 0.717) is 23.3 Å². The SMILES string of the molecule is CCCCc1ccc(C(=O)Nc2ccc3oc(N(C)C4CCN(C)CC4)nc3c2)cc1. The first-order valence-electron chi connectivity index (χ1n) is 11.3. The Kier molecular flexibility index (Phi) is 6.56. The molecule has 1 aliphatic rings. The van der Waals surface area contributed by atoms with Gasteiger partial charge in [-0.3, -0.25) is 4.79 Å². The summed E-state index contributed by atoms with van der Waals surface area (Å²) in [6.07, 6.45) is 5.59. The Morgan fingerprint density at radius 2 is 1.94 bits per heavy atom. The van der Waals surface area contributed by atoms with Gasteiger partial charge in [-0.15, -0.1) is 0 Å². The Morgan fingerprint density at radius 1 is 1.19 bits per heavy atom. The molecule has 0 saturated carbocycles. The molecule has 4 rings (SSSR count). The first kappa shape index (κ1) is 21.4. The molecular formula is C25H32N4O2. The van der Waals surface area contributed by atoms with Crippen molar-refractivity contribution in [2.75, 3.05) is 37.4 Å². The van der Waals surface area contributed by atoms with Crippen molar-refractivity contribution < 1.29 is 9.21 Å². The third-order valence-electron chi connectivity index (χ3n) is 6.21. The summed E-state index contributed by atoms with van der Waals surface area (Å²) in [6.45, 7) is 4.36. The van der Waals surface area contributed by atoms with Crippen LogP contribution in [0.3, 0.4) is 0 Å². The number of oxazole rings is 1. The van der Waals surface area contributed by atoms with E-state index < -0.39 is 0 Å². The van der Waals surface area contributed by atoms with Gasteiger partial charge in [0.15, 0.2) is 5.58 Å². The Balaban J connectivity index is 1.43. The highest BCUT2D eigenvalue weighted by molar-refractivity contribution is 6.04. The second kappa shape index (κ2) is 9.52. The van der Waals surface area contributed by atoms with Gasteiger partial charge in [0.05, 0.1) is 0 Å². The highest BCUT2D eigenvalue weighted by Gasteiger charge is 2.24. The van der Waals surface area contributed by atoms with Gasteiger partial charge in [-0.2, -0.15) is 4.98 Å². The fourth-order valence-corrected chi connectivity index (χ4v) is 4.09. The smallest absolute Gasteiger partial charge is 0.298 e. The molecule has 0 bridgehead atoms. The Morgan fingerprint density at radius 3 is 2.65 bits per heavy atom. The van der Waals surface area contributed by atoms with E-state index in [-0.39, 0.29) is 5.91 Å². The molecule has 1 aliphatic heterocycles. The van der Waals surface area contributed by atoms with E-state index in [9.17, 15) is 4.79 Å². The predicted molar refractivity (Wildman–Crippen MR) is 126 cm³/mol. The maximum absolute atomic E-state index is 12.7. The average Bonchev–Trinajstić information content (AvgIpc) is 3.21. The standard InChI is InChI=1S/C25H32N4O2/c1-4-5-6-18-7-9-19(10-8-18)24(30)26-20-11-12-23-22(17-20)27-25(31-23)29(3)21-13-15-28(2)16-14-21/h7-12,17,21H,4-6,13-16H2,1-3H3,(H,26,30). The van der Waals surface area contributed by atoms with Gasteiger partial charge in [0.2, 0.25) is 0 Å². The van der Waals surface area contributed by atoms with Crippen LogP contribution in [0.5, 0.6) is 0 Å². The van der Waals surface area contributed by atoms with Gasteiger partial charge in [0, 0.05) is 24.3 Å². The zero-order valence-corrected chi connectivity index (χ0v) is 18.7. The second-order valence-electron chi connectivity index (χ2n) is 8.58. The van der Waals surface area contributed by atoms with E-state index >= 15 is 0 Å². The van der Waals surface area contributed by atoms with Crippen LogP contribution in [0.2, 0.25) is 0 Å². The van der Waals surface area contributed by atoms with Crippen molar-refractivity contribution in [3.63, 3.8) is 0 Å². The van der Waals surface area contributed by atoms with Crippen LogP contribution in [-0.4, -0.2) is 49.0 Å². The number of fused-ring (bicyclic) bond motifs is 1. The number of unbranched alkanes of at least 4 members (excludes halogenated alkanes) is 1. The minimum Gasteiger partial charge on any atom is -0.423 e. The normalized spacial score (nSPS) is 15.3. The molecule has 0 aliphatic carbocycles. The lowest BCUT2D eigenvalue weighted by Gasteiger charge is -2.34. The molecule has 1 aromatic heterocycles. The first-order valence-corrected chi connectivity index (χ1v) is 11.3. The number of hydrogen-bond acceptors (Lipinski definition) is 5. The van der Waals surface area contributed by atoms with Gasteiger partial charge in [-0.25, -0.2) is 0 Å². The molecule has 1 N–H and O–H groups in total. The lowest BCUT2D eigenvalue weighted by molar-refractivity contribution is 0.102. The van der Waals surface area contributed by atoms with Crippen molar-refractivity contribution in [1.29, 1.82) is 0 Å². The number of hydrogen-bond donors (Lipinski definition) is 1. The fourth-order valence-electron chi connectivity index (χ4n) is 4.09. The number of aryl methyl sites for hydroxylation is 1. The molecular weight excluding hydrogens is 388 g/mol. The number of likely N-dealkylation sites (tertiary alicyclic amines) is 1. The maximum atomic E-state index is 12.7. The Bertz CT molecular complexity index is 1020. The molecule has 1 fully saturated rings. The molecule has 0 atom stereocenters. The number of rotatable bonds is 7. The van der Waals surface area contributed by atoms with E-state index in [0.717, 1.165) is 49.9 Å². The van der Waals surface area contributed by atoms with Gasteiger partial charge < -0.3 is 19.5 Å². The Labute approximate surface area is 184 Å². The van der Waals surface area contributed by atoms with Crippen molar-refractivity contribution in [3.8, 4) is 0 Å². The number of nitrogens with one attached hydrogen (secondary N) is 1. The van der Waals surface area contributed by atoms with Gasteiger partial charge in [-0.05, 0) is 81.7 Å². The lowest BCUT2D eigenvalue weighted by Crippen LogP contribution is -2.42. The molecule has 2 heterocycles. The molecule has 3 aromatic rings. The lowest BCUT2D eigenvalue weighted by atomic mass is 10.0. The summed E-state index contributed by atoms with van der Waals surface area (Å²) < 4.78 is 5.99. The number of nitrogens with zero attached hydrogens (tertiary/aromatic N) is 3. The topological polar surface area (TPSA) is 61.6 Å². The van der Waals surface area contributed by atoms with E-state index in [1.807, 2.05) is 49.5 Å². The van der Waals surface area contributed by atoms with Crippen molar-refractivity contribution in [2.45, 2.75) is 45.1 Å². The molecule has 0 spiro atoms. The van der Waals surface area contributed by atoms with E-state index in [2.05, 4.69) is 34.1 Å². The molecule has 0 radical (unpaired) electrons. The average molecular weight is 421 g/mol. The van der Waals surface area contributed by atoms with Crippen molar-refractivity contribution >= 4 is 28.7 Å². The van der Waals surface area contributed by atoms with Crippen LogP contribution < -0.4 is 10.2 Å². The highest BCUT2D eigenvalue weighted by Crippen LogP contribution is 2.27. The summed E-state index contributed by atoms with van der Waals surface area (Å²) in [5.74, 6) is -0.117. The van der Waals surface area contributed by atoms with E-state index in [1.54, 1.807) is 0 Å². The monoisotopic (exact) mass is 420 g/mol. The third-order valence-corrected chi connectivity index (χ3v) is 6.21. The number of anilines is 2. The largest absolute Gasteiger partial charge is 0.423 e. The molecule has 31 heavy (non-hydrogen) atoms. The van der Waals surface area contributed by atoms with Crippen LogP contribution in [0.1, 0.15) is 48.5 Å². The zero-order chi connectivity index (χ0) is 21.8. The van der Waals surface area contributed by atoms with E-state index in [1.165, 1.54) is 12.0 Å². The second-order valence-corrected chi connectivity index (χ2v) is 8.58. The minimum atomic E-state index is -0.117. The number of carbonyl (C=O) groups is 1. The van der Waals surface area contributed by atoms with E-state index in [4.69, 9.17) is 4.42 Å². The van der Waals surface area contributed by atoms with Crippen molar-refractivity contribution in [3.05, 3.63) is 53.6 Å². The van der Waals surface area contributed by atoms with Crippen molar-refractivity contribution in [1.82, 2.24) is 9.88 Å². The number of carbonyl (C=O) groups excluding carboxylic acids is 1. The van der Waals surface area contributed by atoms with Gasteiger partial charge in [0.25, 0.3) is 11.9 Å². The maximum Gasteiger partial charge on any atom is 0.298 e. The first-order chi connectivity index (χ1) is 15.0. The Hall–Kier alpha value is -2.86. The number of aromatic nitrogens is 1. The summed E-state index contributed by atoms with van der Waals surface area (Å²) >= 11 is 0. The summed E-state index contributed by atoms with van der Waals surface area (Å²) in [4.78, 5) is 21.8. The van der Waals surface area contributed by atoms with Crippen molar-refractivity contribution in [2.24, 2.45) is 0 Å². The van der Waals surface area contributed by atoms with Gasteiger partial charge in [-0.1, -0.05) is 25.5 Å². The van der Waals surface area contributed by atoms with Crippen LogP contribution in [0.4, 0.5) is 11.7 Å². The molecule has 6 heteroatoms. The molecule has 6 nitrogen and oxygen atoms in total. The minimum absolute atomic E-state index is 0.117. The zero-order valence-electron chi connectivity index (χ0n) is 18.7. The molecule has 1 amide bonds. The molecule has 0 unspecified atom stereocenters. The van der Waals surface area contributed by atoms with Crippen LogP contribution in [-0.2, 0) is 6.42 Å². The summed E-state index contributed by atoms with van der Waals surface area (Å²) in [7, 11) is 4.21. The predicted octanol–water partition coefficient (Wildman–Crippen LogP) is 4.95. The quantitative estimate of drug-likeness (QED) is 0.586.